The SMILES string of the molecule is CN1CCN(c2ncccc2CNS(=O)(=O)c2cnn(C)c2)CC1. The van der Waals surface area contributed by atoms with Crippen molar-refractivity contribution in [1.29, 1.82) is 0 Å². The zero-order valence-electron chi connectivity index (χ0n) is 13.9. The molecule has 1 N–H and O–H groups in total. The highest BCUT2D eigenvalue weighted by Gasteiger charge is 2.20. The average molecular weight is 350 g/mol. The molecule has 0 spiro atoms. The number of hydrogen-bond donors (Lipinski definition) is 1. The van der Waals surface area contributed by atoms with Gasteiger partial charge >= 0.3 is 0 Å². The van der Waals surface area contributed by atoms with E-state index in [1.165, 1.54) is 17.1 Å². The van der Waals surface area contributed by atoms with Crippen molar-refractivity contribution in [3.8, 4) is 0 Å². The fourth-order valence-corrected chi connectivity index (χ4v) is 3.65. The molecule has 1 aliphatic heterocycles. The van der Waals surface area contributed by atoms with Gasteiger partial charge in [0, 0.05) is 57.7 Å². The van der Waals surface area contributed by atoms with Gasteiger partial charge in [0.25, 0.3) is 0 Å². The van der Waals surface area contributed by atoms with Gasteiger partial charge in [-0.25, -0.2) is 18.1 Å². The summed E-state index contributed by atoms with van der Waals surface area (Å²) >= 11 is 0. The monoisotopic (exact) mass is 350 g/mol. The van der Waals surface area contributed by atoms with E-state index in [4.69, 9.17) is 0 Å². The molecule has 0 aliphatic carbocycles. The van der Waals surface area contributed by atoms with E-state index >= 15 is 0 Å². The highest BCUT2D eigenvalue weighted by Crippen LogP contribution is 2.19. The van der Waals surface area contributed by atoms with Gasteiger partial charge in [0.1, 0.15) is 10.7 Å². The molecule has 1 aliphatic rings. The molecule has 0 aromatic carbocycles. The fourth-order valence-electron chi connectivity index (χ4n) is 2.66. The van der Waals surface area contributed by atoms with Crippen molar-refractivity contribution in [3.05, 3.63) is 36.3 Å². The lowest BCUT2D eigenvalue weighted by atomic mass is 10.2. The van der Waals surface area contributed by atoms with E-state index in [0.29, 0.717) is 0 Å². The molecule has 2 aromatic heterocycles. The van der Waals surface area contributed by atoms with Gasteiger partial charge in [-0.2, -0.15) is 5.10 Å². The molecule has 0 amide bonds. The van der Waals surface area contributed by atoms with E-state index in [2.05, 4.69) is 31.7 Å². The number of nitrogens with one attached hydrogen (secondary N) is 1. The quantitative estimate of drug-likeness (QED) is 0.820. The van der Waals surface area contributed by atoms with Crippen LogP contribution < -0.4 is 9.62 Å². The first-order chi connectivity index (χ1) is 11.5. The van der Waals surface area contributed by atoms with E-state index in [9.17, 15) is 8.42 Å². The summed E-state index contributed by atoms with van der Waals surface area (Å²) in [6.45, 7) is 3.91. The largest absolute Gasteiger partial charge is 0.354 e. The third kappa shape index (κ3) is 3.74. The Kier molecular flexibility index (Phi) is 4.83. The summed E-state index contributed by atoms with van der Waals surface area (Å²) in [6.07, 6.45) is 4.56. The standard InChI is InChI=1S/C15H22N6O2S/c1-19-6-8-21(9-7-19)15-13(4-3-5-16-15)10-18-24(22,23)14-11-17-20(2)12-14/h3-5,11-12,18H,6-10H2,1-2H3. The Hall–Kier alpha value is -1.97. The first kappa shape index (κ1) is 16.9. The summed E-state index contributed by atoms with van der Waals surface area (Å²) in [6, 6.07) is 3.74. The molecule has 8 nitrogen and oxygen atoms in total. The first-order valence-corrected chi connectivity index (χ1v) is 9.30. The van der Waals surface area contributed by atoms with Gasteiger partial charge in [-0.1, -0.05) is 6.07 Å². The smallest absolute Gasteiger partial charge is 0.243 e. The van der Waals surface area contributed by atoms with E-state index in [1.807, 2.05) is 12.1 Å². The topological polar surface area (TPSA) is 83.4 Å². The predicted octanol–water partition coefficient (Wildman–Crippen LogP) is 0.0454. The van der Waals surface area contributed by atoms with E-state index in [1.54, 1.807) is 13.2 Å². The zero-order valence-corrected chi connectivity index (χ0v) is 14.7. The van der Waals surface area contributed by atoms with Crippen molar-refractivity contribution in [2.45, 2.75) is 11.4 Å². The van der Waals surface area contributed by atoms with Gasteiger partial charge in [0.2, 0.25) is 10.0 Å². The van der Waals surface area contributed by atoms with Crippen LogP contribution in [0.1, 0.15) is 5.56 Å². The number of nitrogens with zero attached hydrogens (tertiary/aromatic N) is 5. The molecular weight excluding hydrogens is 328 g/mol. The highest BCUT2D eigenvalue weighted by atomic mass is 32.2. The zero-order chi connectivity index (χ0) is 17.2. The molecule has 24 heavy (non-hydrogen) atoms. The van der Waals surface area contributed by atoms with Crippen LogP contribution in [0.25, 0.3) is 0 Å². The number of anilines is 1. The van der Waals surface area contributed by atoms with Crippen molar-refractivity contribution < 1.29 is 8.42 Å². The van der Waals surface area contributed by atoms with Crippen molar-refractivity contribution in [2.75, 3.05) is 38.1 Å². The Morgan fingerprint density at radius 1 is 1.21 bits per heavy atom. The van der Waals surface area contributed by atoms with Gasteiger partial charge in [-0.15, -0.1) is 0 Å². The second kappa shape index (κ2) is 6.88. The fraction of sp³-hybridized carbons (Fsp3) is 0.467. The number of sulfonamides is 1. The Morgan fingerprint density at radius 3 is 2.62 bits per heavy atom. The number of hydrogen-bond acceptors (Lipinski definition) is 6. The lowest BCUT2D eigenvalue weighted by molar-refractivity contribution is 0.312. The Bertz CT molecular complexity index is 796. The van der Waals surface area contributed by atoms with Crippen LogP contribution in [0.2, 0.25) is 0 Å². The Morgan fingerprint density at radius 2 is 1.96 bits per heavy atom. The van der Waals surface area contributed by atoms with E-state index in [-0.39, 0.29) is 11.4 Å². The predicted molar refractivity (Wildman–Crippen MR) is 91.2 cm³/mol. The number of piperazine rings is 1. The van der Waals surface area contributed by atoms with Crippen LogP contribution in [0.5, 0.6) is 0 Å². The molecular formula is C15H22N6O2S. The number of aryl methyl sites for hydroxylation is 1. The van der Waals surface area contributed by atoms with Gasteiger partial charge < -0.3 is 9.80 Å². The van der Waals surface area contributed by atoms with Crippen molar-refractivity contribution >= 4 is 15.8 Å². The van der Waals surface area contributed by atoms with E-state index in [0.717, 1.165) is 37.6 Å². The summed E-state index contributed by atoms with van der Waals surface area (Å²) in [4.78, 5) is 9.09. The maximum atomic E-state index is 12.3. The van der Waals surface area contributed by atoms with Crippen LogP contribution >= 0.6 is 0 Å². The minimum absolute atomic E-state index is 0.162. The molecule has 0 unspecified atom stereocenters. The maximum Gasteiger partial charge on any atom is 0.243 e. The summed E-state index contributed by atoms with van der Waals surface area (Å²) in [5.74, 6) is 0.847. The van der Waals surface area contributed by atoms with Crippen LogP contribution in [-0.4, -0.2) is 61.3 Å². The minimum Gasteiger partial charge on any atom is -0.354 e. The summed E-state index contributed by atoms with van der Waals surface area (Å²) in [5, 5.41) is 3.91. The van der Waals surface area contributed by atoms with Crippen LogP contribution in [0, 0.1) is 0 Å². The molecule has 0 atom stereocenters. The van der Waals surface area contributed by atoms with Crippen molar-refractivity contribution in [2.24, 2.45) is 7.05 Å². The van der Waals surface area contributed by atoms with E-state index < -0.39 is 10.0 Å². The Labute approximate surface area is 142 Å². The summed E-state index contributed by atoms with van der Waals surface area (Å²) < 4.78 is 28.8. The van der Waals surface area contributed by atoms with Crippen LogP contribution in [0.3, 0.4) is 0 Å². The first-order valence-electron chi connectivity index (χ1n) is 7.81. The maximum absolute atomic E-state index is 12.3. The molecule has 9 heteroatoms. The molecule has 0 saturated carbocycles. The second-order valence-corrected chi connectivity index (χ2v) is 7.72. The van der Waals surface area contributed by atoms with Crippen LogP contribution in [0.4, 0.5) is 5.82 Å². The summed E-state index contributed by atoms with van der Waals surface area (Å²) in [7, 11) is 0.200. The second-order valence-electron chi connectivity index (χ2n) is 5.95. The molecule has 1 fully saturated rings. The molecule has 3 heterocycles. The minimum atomic E-state index is -3.58. The molecule has 0 radical (unpaired) electrons. The lowest BCUT2D eigenvalue weighted by Gasteiger charge is -2.34. The average Bonchev–Trinajstić information content (AvgIpc) is 3.02. The van der Waals surface area contributed by atoms with Gasteiger partial charge in [-0.05, 0) is 13.1 Å². The molecule has 3 rings (SSSR count). The molecule has 2 aromatic rings. The number of aromatic nitrogens is 3. The van der Waals surface area contributed by atoms with Gasteiger partial charge in [0.05, 0.1) is 6.20 Å². The van der Waals surface area contributed by atoms with Crippen LogP contribution in [-0.2, 0) is 23.6 Å². The molecule has 1 saturated heterocycles. The van der Waals surface area contributed by atoms with Crippen LogP contribution in [0.15, 0.2) is 35.6 Å². The molecule has 130 valence electrons. The van der Waals surface area contributed by atoms with Gasteiger partial charge in [0.15, 0.2) is 0 Å². The third-order valence-electron chi connectivity index (χ3n) is 4.11. The molecule has 0 bridgehead atoms. The normalized spacial score (nSPS) is 16.5. The number of pyridine rings is 1. The third-order valence-corrected chi connectivity index (χ3v) is 5.47. The van der Waals surface area contributed by atoms with Gasteiger partial charge in [-0.3, -0.25) is 4.68 Å². The van der Waals surface area contributed by atoms with Crippen molar-refractivity contribution in [1.82, 2.24) is 24.4 Å². The van der Waals surface area contributed by atoms with Crippen molar-refractivity contribution in [3.63, 3.8) is 0 Å². The Balaban J connectivity index is 1.74. The number of rotatable bonds is 5. The highest BCUT2D eigenvalue weighted by molar-refractivity contribution is 7.89. The number of likely N-dealkylation sites (N-methyl/N-ethyl adjacent to an activating group) is 1. The summed E-state index contributed by atoms with van der Waals surface area (Å²) in [5.41, 5.74) is 0.870. The lowest BCUT2D eigenvalue weighted by Crippen LogP contribution is -2.45.